The van der Waals surface area contributed by atoms with E-state index in [1.807, 2.05) is 27.0 Å². The van der Waals surface area contributed by atoms with Gasteiger partial charge in [0.25, 0.3) is 0 Å². The van der Waals surface area contributed by atoms with E-state index in [2.05, 4.69) is 9.88 Å². The molecule has 0 atom stereocenters. The number of rotatable bonds is 7. The summed E-state index contributed by atoms with van der Waals surface area (Å²) in [4.78, 5) is 18.4. The Morgan fingerprint density at radius 1 is 1.43 bits per heavy atom. The number of hydrogen-bond donors (Lipinski definition) is 0. The van der Waals surface area contributed by atoms with Crippen LogP contribution in [0.15, 0.2) is 6.20 Å². The maximum absolute atomic E-state index is 11.7. The summed E-state index contributed by atoms with van der Waals surface area (Å²) in [5.41, 5.74) is 3.04. The van der Waals surface area contributed by atoms with Crippen molar-refractivity contribution in [2.75, 3.05) is 20.3 Å². The van der Waals surface area contributed by atoms with E-state index in [1.165, 1.54) is 0 Å². The van der Waals surface area contributed by atoms with Crippen molar-refractivity contribution < 1.29 is 14.3 Å². The van der Waals surface area contributed by atoms with Crippen LogP contribution in [0.4, 0.5) is 0 Å². The first-order chi connectivity index (χ1) is 10.1. The third-order valence-electron chi connectivity index (χ3n) is 3.80. The van der Waals surface area contributed by atoms with Gasteiger partial charge in [-0.2, -0.15) is 0 Å². The second-order valence-corrected chi connectivity index (χ2v) is 5.49. The molecule has 1 aromatic heterocycles. The first-order valence-corrected chi connectivity index (χ1v) is 7.45. The summed E-state index contributed by atoms with van der Waals surface area (Å²) in [6, 6.07) is 0.475. The Morgan fingerprint density at radius 3 is 2.71 bits per heavy atom. The average Bonchev–Trinajstić information content (AvgIpc) is 3.26. The molecule has 21 heavy (non-hydrogen) atoms. The van der Waals surface area contributed by atoms with Crippen molar-refractivity contribution in [2.45, 2.75) is 46.2 Å². The third-order valence-corrected chi connectivity index (χ3v) is 3.80. The second-order valence-electron chi connectivity index (χ2n) is 5.49. The standard InChI is InChI=1S/C16H24N2O3/c1-5-21-15(19)10-18(13-6-7-13)9-14-12(3)16(20-4)11(2)8-17-14/h8,13H,5-7,9-10H2,1-4H3. The molecular formula is C16H24N2O3. The van der Waals surface area contributed by atoms with Gasteiger partial charge in [-0.05, 0) is 33.6 Å². The molecule has 1 aromatic rings. The molecule has 0 aliphatic heterocycles. The Kier molecular flexibility index (Phi) is 5.17. The number of esters is 1. The van der Waals surface area contributed by atoms with Gasteiger partial charge < -0.3 is 9.47 Å². The quantitative estimate of drug-likeness (QED) is 0.721. The molecule has 1 heterocycles. The number of aryl methyl sites for hydroxylation is 1. The number of pyridine rings is 1. The molecule has 2 rings (SSSR count). The lowest BCUT2D eigenvalue weighted by atomic mass is 10.1. The van der Waals surface area contributed by atoms with E-state index in [-0.39, 0.29) is 5.97 Å². The normalized spacial score (nSPS) is 14.3. The molecule has 0 unspecified atom stereocenters. The third kappa shape index (κ3) is 3.94. The summed E-state index contributed by atoms with van der Waals surface area (Å²) in [6.07, 6.45) is 4.11. The molecule has 0 amide bonds. The second kappa shape index (κ2) is 6.89. The topological polar surface area (TPSA) is 51.7 Å². The number of carbonyl (C=O) groups excluding carboxylic acids is 1. The largest absolute Gasteiger partial charge is 0.496 e. The zero-order valence-electron chi connectivity index (χ0n) is 13.3. The summed E-state index contributed by atoms with van der Waals surface area (Å²) in [5, 5.41) is 0. The van der Waals surface area contributed by atoms with Crippen molar-refractivity contribution in [3.8, 4) is 5.75 Å². The van der Waals surface area contributed by atoms with Gasteiger partial charge in [0.15, 0.2) is 0 Å². The number of nitrogens with zero attached hydrogens (tertiary/aromatic N) is 2. The van der Waals surface area contributed by atoms with Gasteiger partial charge in [0, 0.05) is 29.9 Å². The zero-order chi connectivity index (χ0) is 15.4. The molecule has 5 heteroatoms. The smallest absolute Gasteiger partial charge is 0.320 e. The summed E-state index contributed by atoms with van der Waals surface area (Å²) >= 11 is 0. The van der Waals surface area contributed by atoms with E-state index in [9.17, 15) is 4.79 Å². The van der Waals surface area contributed by atoms with Crippen LogP contribution >= 0.6 is 0 Å². The zero-order valence-corrected chi connectivity index (χ0v) is 13.3. The van der Waals surface area contributed by atoms with Crippen molar-refractivity contribution in [1.29, 1.82) is 0 Å². The Bertz CT molecular complexity index is 512. The van der Waals surface area contributed by atoms with Gasteiger partial charge >= 0.3 is 5.97 Å². The van der Waals surface area contributed by atoms with Crippen LogP contribution < -0.4 is 4.74 Å². The van der Waals surface area contributed by atoms with Crippen LogP contribution in [0.1, 0.15) is 36.6 Å². The summed E-state index contributed by atoms with van der Waals surface area (Å²) in [5.74, 6) is 0.716. The van der Waals surface area contributed by atoms with E-state index in [4.69, 9.17) is 9.47 Å². The molecule has 0 N–H and O–H groups in total. The molecule has 1 fully saturated rings. The van der Waals surface area contributed by atoms with Gasteiger partial charge in [0.05, 0.1) is 26.0 Å². The molecule has 0 spiro atoms. The molecular weight excluding hydrogens is 268 g/mol. The number of hydrogen-bond acceptors (Lipinski definition) is 5. The van der Waals surface area contributed by atoms with Gasteiger partial charge in [-0.25, -0.2) is 0 Å². The van der Waals surface area contributed by atoms with Crippen LogP contribution in [0.25, 0.3) is 0 Å². The minimum atomic E-state index is -0.166. The van der Waals surface area contributed by atoms with Gasteiger partial charge in [0.1, 0.15) is 5.75 Å². The minimum Gasteiger partial charge on any atom is -0.496 e. The molecule has 0 aromatic carbocycles. The highest BCUT2D eigenvalue weighted by molar-refractivity contribution is 5.71. The Labute approximate surface area is 126 Å². The maximum atomic E-state index is 11.7. The maximum Gasteiger partial charge on any atom is 0.320 e. The Morgan fingerprint density at radius 2 is 2.14 bits per heavy atom. The van der Waals surface area contributed by atoms with Crippen molar-refractivity contribution in [3.05, 3.63) is 23.0 Å². The van der Waals surface area contributed by atoms with Gasteiger partial charge in [-0.1, -0.05) is 0 Å². The molecule has 1 aliphatic rings. The number of ether oxygens (including phenoxy) is 2. The number of methoxy groups -OCH3 is 1. The van der Waals surface area contributed by atoms with E-state index in [1.54, 1.807) is 7.11 Å². The Hall–Kier alpha value is -1.62. The van der Waals surface area contributed by atoms with E-state index < -0.39 is 0 Å². The van der Waals surface area contributed by atoms with Crippen molar-refractivity contribution in [3.63, 3.8) is 0 Å². The lowest BCUT2D eigenvalue weighted by Crippen LogP contribution is -2.33. The Balaban J connectivity index is 2.12. The monoisotopic (exact) mass is 292 g/mol. The molecule has 0 bridgehead atoms. The lowest BCUT2D eigenvalue weighted by molar-refractivity contribution is -0.144. The first kappa shape index (κ1) is 15.8. The predicted octanol–water partition coefficient (Wildman–Crippen LogP) is 2.23. The average molecular weight is 292 g/mol. The number of carbonyl (C=O) groups is 1. The van der Waals surface area contributed by atoms with E-state index >= 15 is 0 Å². The van der Waals surface area contributed by atoms with Crippen LogP contribution in [0, 0.1) is 13.8 Å². The highest BCUT2D eigenvalue weighted by atomic mass is 16.5. The minimum absolute atomic E-state index is 0.166. The van der Waals surface area contributed by atoms with Crippen LogP contribution in [-0.2, 0) is 16.1 Å². The number of aromatic nitrogens is 1. The first-order valence-electron chi connectivity index (χ1n) is 7.45. The molecule has 1 aliphatic carbocycles. The van der Waals surface area contributed by atoms with Gasteiger partial charge in [0.2, 0.25) is 0 Å². The molecule has 116 valence electrons. The molecule has 5 nitrogen and oxygen atoms in total. The van der Waals surface area contributed by atoms with E-state index in [0.717, 1.165) is 35.4 Å². The van der Waals surface area contributed by atoms with Crippen LogP contribution in [0.5, 0.6) is 5.75 Å². The molecule has 0 radical (unpaired) electrons. The predicted molar refractivity (Wildman–Crippen MR) is 80.3 cm³/mol. The highest BCUT2D eigenvalue weighted by Crippen LogP contribution is 2.30. The van der Waals surface area contributed by atoms with Crippen LogP contribution in [-0.4, -0.2) is 42.2 Å². The summed E-state index contributed by atoms with van der Waals surface area (Å²) < 4.78 is 10.5. The van der Waals surface area contributed by atoms with Crippen molar-refractivity contribution in [2.24, 2.45) is 0 Å². The summed E-state index contributed by atoms with van der Waals surface area (Å²) in [7, 11) is 1.68. The SMILES string of the molecule is CCOC(=O)CN(Cc1ncc(C)c(OC)c1C)C1CC1. The fraction of sp³-hybridized carbons (Fsp3) is 0.625. The van der Waals surface area contributed by atoms with Crippen molar-refractivity contribution in [1.82, 2.24) is 9.88 Å². The molecule has 0 saturated heterocycles. The lowest BCUT2D eigenvalue weighted by Gasteiger charge is -2.22. The summed E-state index contributed by atoms with van der Waals surface area (Å²) in [6.45, 7) is 7.24. The van der Waals surface area contributed by atoms with E-state index in [0.29, 0.717) is 25.7 Å². The fourth-order valence-electron chi connectivity index (χ4n) is 2.55. The van der Waals surface area contributed by atoms with Crippen molar-refractivity contribution >= 4 is 5.97 Å². The van der Waals surface area contributed by atoms with Gasteiger partial charge in [-0.3, -0.25) is 14.7 Å². The van der Waals surface area contributed by atoms with Crippen LogP contribution in [0.2, 0.25) is 0 Å². The molecule has 1 saturated carbocycles. The van der Waals surface area contributed by atoms with Crippen LogP contribution in [0.3, 0.4) is 0 Å². The van der Waals surface area contributed by atoms with Gasteiger partial charge in [-0.15, -0.1) is 0 Å². The fourth-order valence-corrected chi connectivity index (χ4v) is 2.55. The highest BCUT2D eigenvalue weighted by Gasteiger charge is 2.31.